The van der Waals surface area contributed by atoms with Gasteiger partial charge < -0.3 is 9.17 Å². The molecule has 2 aromatic rings. The molecule has 0 fully saturated rings. The van der Waals surface area contributed by atoms with Gasteiger partial charge in [0.2, 0.25) is 0 Å². The van der Waals surface area contributed by atoms with Crippen molar-refractivity contribution >= 4 is 49.0 Å². The summed E-state index contributed by atoms with van der Waals surface area (Å²) in [5.74, 6) is 0.113. The van der Waals surface area contributed by atoms with Gasteiger partial charge in [-0.2, -0.15) is 8.42 Å². The van der Waals surface area contributed by atoms with Gasteiger partial charge in [-0.3, -0.25) is 4.55 Å². The number of H-pyrrole nitrogens is 1. The molecule has 0 bridgehead atoms. The van der Waals surface area contributed by atoms with E-state index >= 15 is 0 Å². The minimum absolute atomic E-state index is 0.113. The molecule has 0 saturated carbocycles. The normalized spacial score (nSPS) is 11.9. The average Bonchev–Trinajstić information content (AvgIpc) is 2.53. The van der Waals surface area contributed by atoms with Crippen LogP contribution in [0.25, 0.3) is 10.9 Å². The predicted molar refractivity (Wildman–Crippen MR) is 70.0 cm³/mol. The van der Waals surface area contributed by atoms with E-state index in [1.54, 1.807) is 24.5 Å². The third-order valence-corrected chi connectivity index (χ3v) is 3.64. The van der Waals surface area contributed by atoms with E-state index in [1.165, 1.54) is 11.8 Å². The molecule has 0 aliphatic carbocycles. The van der Waals surface area contributed by atoms with E-state index in [2.05, 4.69) is 25.1 Å². The fourth-order valence-electron chi connectivity index (χ4n) is 1.45. The molecular formula is C9H8BrNO4S2. The van der Waals surface area contributed by atoms with E-state index in [0.29, 0.717) is 10.4 Å². The largest absolute Gasteiger partial charge is 0.446 e. The highest BCUT2D eigenvalue weighted by atomic mass is 79.9. The number of hydrogen-bond acceptors (Lipinski definition) is 4. The molecule has 1 aromatic heterocycles. The first-order valence-electron chi connectivity index (χ1n) is 4.43. The van der Waals surface area contributed by atoms with Gasteiger partial charge in [-0.1, -0.05) is 15.9 Å². The van der Waals surface area contributed by atoms with Gasteiger partial charge in [0.25, 0.3) is 0 Å². The summed E-state index contributed by atoms with van der Waals surface area (Å²) in [6.45, 7) is 0. The lowest BCUT2D eigenvalue weighted by atomic mass is 10.2. The Labute approximate surface area is 111 Å². The number of aromatic amines is 1. The molecule has 1 heterocycles. The Morgan fingerprint density at radius 2 is 2.18 bits per heavy atom. The quantitative estimate of drug-likeness (QED) is 0.665. The van der Waals surface area contributed by atoms with Crippen LogP contribution < -0.4 is 4.18 Å². The van der Waals surface area contributed by atoms with E-state index in [9.17, 15) is 8.42 Å². The monoisotopic (exact) mass is 337 g/mol. The topological polar surface area (TPSA) is 79.4 Å². The molecule has 17 heavy (non-hydrogen) atoms. The smallest absolute Gasteiger partial charge is 0.358 e. The second kappa shape index (κ2) is 4.52. The SMILES string of the molecule is CSc1[nH]c2cc(Br)ccc2c1OS(=O)(=O)O. The molecule has 92 valence electrons. The molecule has 0 radical (unpaired) electrons. The average molecular weight is 338 g/mol. The van der Waals surface area contributed by atoms with E-state index < -0.39 is 10.4 Å². The maximum absolute atomic E-state index is 10.8. The van der Waals surface area contributed by atoms with E-state index in [1.807, 2.05) is 0 Å². The standard InChI is InChI=1S/C9H8BrNO4S2/c1-16-9-8(15-17(12,13)14)6-3-2-5(10)4-7(6)11-9/h2-4,11H,1H3,(H,12,13,14). The zero-order valence-electron chi connectivity index (χ0n) is 8.60. The van der Waals surface area contributed by atoms with Crippen LogP contribution in [0.15, 0.2) is 27.7 Å². The van der Waals surface area contributed by atoms with Gasteiger partial charge in [0, 0.05) is 9.86 Å². The summed E-state index contributed by atoms with van der Waals surface area (Å²) in [7, 11) is -4.53. The van der Waals surface area contributed by atoms with Gasteiger partial charge in [0.1, 0.15) is 5.03 Å². The third-order valence-electron chi connectivity index (χ3n) is 2.07. The highest BCUT2D eigenvalue weighted by Crippen LogP contribution is 2.37. The molecular weight excluding hydrogens is 330 g/mol. The van der Waals surface area contributed by atoms with Gasteiger partial charge in [-0.05, 0) is 24.5 Å². The molecule has 0 aliphatic rings. The molecule has 0 aliphatic heterocycles. The number of benzene rings is 1. The molecule has 0 unspecified atom stereocenters. The van der Waals surface area contributed by atoms with Crippen LogP contribution in [0.5, 0.6) is 5.75 Å². The van der Waals surface area contributed by atoms with Crippen molar-refractivity contribution in [3.05, 3.63) is 22.7 Å². The highest BCUT2D eigenvalue weighted by Gasteiger charge is 2.17. The first-order chi connectivity index (χ1) is 7.90. The Bertz CT molecular complexity index is 665. The lowest BCUT2D eigenvalue weighted by molar-refractivity contribution is 0.385. The Hall–Kier alpha value is -0.700. The summed E-state index contributed by atoms with van der Waals surface area (Å²) in [5.41, 5.74) is 0.724. The van der Waals surface area contributed by atoms with Gasteiger partial charge in [-0.25, -0.2) is 0 Å². The van der Waals surface area contributed by atoms with E-state index in [4.69, 9.17) is 4.55 Å². The molecule has 0 saturated heterocycles. The lowest BCUT2D eigenvalue weighted by Gasteiger charge is -2.01. The van der Waals surface area contributed by atoms with Gasteiger partial charge in [0.15, 0.2) is 5.75 Å². The minimum Gasteiger partial charge on any atom is -0.358 e. The maximum Gasteiger partial charge on any atom is 0.446 e. The first-order valence-corrected chi connectivity index (χ1v) is 7.81. The van der Waals surface area contributed by atoms with Crippen molar-refractivity contribution in [3.8, 4) is 5.75 Å². The lowest BCUT2D eigenvalue weighted by Crippen LogP contribution is -2.06. The summed E-state index contributed by atoms with van der Waals surface area (Å²) in [6, 6.07) is 5.26. The second-order valence-corrected chi connectivity index (χ2v) is 5.94. The summed E-state index contributed by atoms with van der Waals surface area (Å²) >= 11 is 4.61. The zero-order valence-corrected chi connectivity index (χ0v) is 11.8. The maximum atomic E-state index is 10.8. The zero-order chi connectivity index (χ0) is 12.6. The predicted octanol–water partition coefficient (Wildman–Crippen LogP) is 2.83. The van der Waals surface area contributed by atoms with Crippen molar-refractivity contribution < 1.29 is 17.2 Å². The van der Waals surface area contributed by atoms with Crippen LogP contribution in [0.2, 0.25) is 0 Å². The summed E-state index contributed by atoms with van der Waals surface area (Å²) in [4.78, 5) is 3.01. The molecule has 8 heteroatoms. The van der Waals surface area contributed by atoms with Crippen LogP contribution >= 0.6 is 27.7 Å². The van der Waals surface area contributed by atoms with Gasteiger partial charge in [0.05, 0.1) is 5.52 Å². The van der Waals surface area contributed by atoms with Crippen molar-refractivity contribution in [2.75, 3.05) is 6.26 Å². The third kappa shape index (κ3) is 2.76. The Morgan fingerprint density at radius 3 is 2.76 bits per heavy atom. The molecule has 2 N–H and O–H groups in total. The van der Waals surface area contributed by atoms with Crippen molar-refractivity contribution in [2.45, 2.75) is 5.03 Å². The van der Waals surface area contributed by atoms with Crippen LogP contribution in [0, 0.1) is 0 Å². The highest BCUT2D eigenvalue weighted by molar-refractivity contribution is 9.10. The Kier molecular flexibility index (Phi) is 3.39. The number of hydrogen-bond donors (Lipinski definition) is 2. The van der Waals surface area contributed by atoms with Crippen molar-refractivity contribution in [1.29, 1.82) is 0 Å². The second-order valence-electron chi connectivity index (χ2n) is 3.19. The van der Waals surface area contributed by atoms with Crippen LogP contribution in [0.4, 0.5) is 0 Å². The van der Waals surface area contributed by atoms with Gasteiger partial charge >= 0.3 is 10.4 Å². The Morgan fingerprint density at radius 1 is 1.47 bits per heavy atom. The number of nitrogens with one attached hydrogen (secondary N) is 1. The van der Waals surface area contributed by atoms with Crippen LogP contribution in [-0.2, 0) is 10.4 Å². The van der Waals surface area contributed by atoms with E-state index in [-0.39, 0.29) is 5.75 Å². The molecule has 2 rings (SSSR count). The van der Waals surface area contributed by atoms with Crippen molar-refractivity contribution in [3.63, 3.8) is 0 Å². The van der Waals surface area contributed by atoms with Crippen LogP contribution in [-0.4, -0.2) is 24.2 Å². The fraction of sp³-hybridized carbons (Fsp3) is 0.111. The minimum atomic E-state index is -4.53. The number of fused-ring (bicyclic) bond motifs is 1. The summed E-state index contributed by atoms with van der Waals surface area (Å²) in [5, 5.41) is 1.13. The molecule has 5 nitrogen and oxygen atoms in total. The molecule has 0 spiro atoms. The first kappa shape index (κ1) is 12.7. The summed E-state index contributed by atoms with van der Waals surface area (Å²) in [6.07, 6.45) is 1.77. The molecule has 0 atom stereocenters. The number of thioether (sulfide) groups is 1. The fourth-order valence-corrected chi connectivity index (χ4v) is 2.80. The van der Waals surface area contributed by atoms with Gasteiger partial charge in [-0.15, -0.1) is 11.8 Å². The number of aromatic nitrogens is 1. The van der Waals surface area contributed by atoms with E-state index in [0.717, 1.165) is 9.99 Å². The van der Waals surface area contributed by atoms with Crippen molar-refractivity contribution in [2.24, 2.45) is 0 Å². The molecule has 0 amide bonds. The van der Waals surface area contributed by atoms with Crippen molar-refractivity contribution in [1.82, 2.24) is 4.98 Å². The Balaban J connectivity index is 2.66. The molecule has 1 aromatic carbocycles. The van der Waals surface area contributed by atoms with Crippen LogP contribution in [0.1, 0.15) is 0 Å². The number of halogens is 1. The number of rotatable bonds is 3. The van der Waals surface area contributed by atoms with Crippen LogP contribution in [0.3, 0.4) is 0 Å². The summed E-state index contributed by atoms with van der Waals surface area (Å²) < 4.78 is 35.7.